The number of halogens is 1. The minimum atomic E-state index is 0.485. The van der Waals surface area contributed by atoms with E-state index in [1.54, 1.807) is 0 Å². The van der Waals surface area contributed by atoms with Crippen LogP contribution in [-0.4, -0.2) is 10.2 Å². The molecule has 0 aliphatic heterocycles. The summed E-state index contributed by atoms with van der Waals surface area (Å²) in [5.74, 6) is 0.485. The van der Waals surface area contributed by atoms with Crippen LogP contribution in [0.5, 0.6) is 0 Å². The number of nitriles is 1. The average Bonchev–Trinajstić information content (AvgIpc) is 2.34. The molecule has 0 saturated carbocycles. The normalized spacial score (nSPS) is 9.89. The summed E-state index contributed by atoms with van der Waals surface area (Å²) in [6.45, 7) is 3.71. The molecule has 0 spiro atoms. The number of hydrogen-bond donors (Lipinski definition) is 1. The van der Waals surface area contributed by atoms with Crippen molar-refractivity contribution in [1.29, 1.82) is 5.26 Å². The molecule has 0 bridgehead atoms. The van der Waals surface area contributed by atoms with Crippen molar-refractivity contribution in [3.63, 3.8) is 0 Å². The average molecular weight is 303 g/mol. The van der Waals surface area contributed by atoms with Gasteiger partial charge in [0.25, 0.3) is 0 Å². The maximum absolute atomic E-state index is 9.19. The fourth-order valence-corrected chi connectivity index (χ4v) is 1.93. The molecule has 18 heavy (non-hydrogen) atoms. The second kappa shape index (κ2) is 5.15. The summed E-state index contributed by atoms with van der Waals surface area (Å²) in [7, 11) is 0. The fraction of sp³-hybridized carbons (Fsp3) is 0.154. The maximum atomic E-state index is 9.19. The van der Waals surface area contributed by atoms with Crippen molar-refractivity contribution < 1.29 is 0 Å². The SMILES string of the molecule is Cc1nnc(Nc2cccc(Br)c2)c(C#N)c1C. The highest BCUT2D eigenvalue weighted by Crippen LogP contribution is 2.23. The molecule has 2 aromatic rings. The van der Waals surface area contributed by atoms with Crippen LogP contribution >= 0.6 is 15.9 Å². The molecule has 2 rings (SSSR count). The van der Waals surface area contributed by atoms with E-state index in [2.05, 4.69) is 37.5 Å². The zero-order chi connectivity index (χ0) is 13.1. The van der Waals surface area contributed by atoms with Gasteiger partial charge in [0.15, 0.2) is 5.82 Å². The fourth-order valence-electron chi connectivity index (χ4n) is 1.54. The second-order valence-electron chi connectivity index (χ2n) is 3.88. The van der Waals surface area contributed by atoms with Gasteiger partial charge in [-0.05, 0) is 37.6 Å². The minimum absolute atomic E-state index is 0.485. The first-order valence-electron chi connectivity index (χ1n) is 5.38. The van der Waals surface area contributed by atoms with E-state index < -0.39 is 0 Å². The van der Waals surface area contributed by atoms with Crippen molar-refractivity contribution in [2.75, 3.05) is 5.32 Å². The van der Waals surface area contributed by atoms with Crippen molar-refractivity contribution >= 4 is 27.4 Å². The van der Waals surface area contributed by atoms with Gasteiger partial charge in [-0.25, -0.2) is 0 Å². The van der Waals surface area contributed by atoms with E-state index in [4.69, 9.17) is 0 Å². The smallest absolute Gasteiger partial charge is 0.171 e. The summed E-state index contributed by atoms with van der Waals surface area (Å²) in [4.78, 5) is 0. The number of benzene rings is 1. The van der Waals surface area contributed by atoms with Gasteiger partial charge in [-0.3, -0.25) is 0 Å². The summed E-state index contributed by atoms with van der Waals surface area (Å²) < 4.78 is 0.961. The van der Waals surface area contributed by atoms with Crippen molar-refractivity contribution in [3.8, 4) is 6.07 Å². The van der Waals surface area contributed by atoms with E-state index in [0.29, 0.717) is 11.4 Å². The van der Waals surface area contributed by atoms with E-state index in [9.17, 15) is 5.26 Å². The quantitative estimate of drug-likeness (QED) is 0.922. The van der Waals surface area contributed by atoms with Crippen LogP contribution < -0.4 is 5.32 Å². The van der Waals surface area contributed by atoms with Crippen LogP contribution in [0.2, 0.25) is 0 Å². The standard InChI is InChI=1S/C13H11BrN4/c1-8-9(2)17-18-13(12(8)7-15)16-11-5-3-4-10(14)6-11/h3-6H,1-2H3,(H,16,18). The van der Waals surface area contributed by atoms with Gasteiger partial charge in [0.05, 0.1) is 5.69 Å². The van der Waals surface area contributed by atoms with Gasteiger partial charge in [-0.2, -0.15) is 10.4 Å². The minimum Gasteiger partial charge on any atom is -0.338 e. The number of nitrogens with zero attached hydrogens (tertiary/aromatic N) is 3. The molecule has 0 aliphatic carbocycles. The zero-order valence-electron chi connectivity index (χ0n) is 10.0. The van der Waals surface area contributed by atoms with E-state index >= 15 is 0 Å². The lowest BCUT2D eigenvalue weighted by Gasteiger charge is -2.09. The summed E-state index contributed by atoms with van der Waals surface area (Å²) in [6.07, 6.45) is 0. The first-order valence-corrected chi connectivity index (χ1v) is 6.17. The number of aryl methyl sites for hydroxylation is 1. The molecule has 0 amide bonds. The Morgan fingerprint density at radius 3 is 2.72 bits per heavy atom. The van der Waals surface area contributed by atoms with Crippen molar-refractivity contribution in [2.24, 2.45) is 0 Å². The van der Waals surface area contributed by atoms with Crippen LogP contribution in [0.3, 0.4) is 0 Å². The summed E-state index contributed by atoms with van der Waals surface area (Å²) in [6, 6.07) is 9.83. The molecule has 0 unspecified atom stereocenters. The van der Waals surface area contributed by atoms with Gasteiger partial charge >= 0.3 is 0 Å². The molecule has 0 fully saturated rings. The number of hydrogen-bond acceptors (Lipinski definition) is 4. The van der Waals surface area contributed by atoms with Gasteiger partial charge in [-0.1, -0.05) is 22.0 Å². The second-order valence-corrected chi connectivity index (χ2v) is 4.80. The van der Waals surface area contributed by atoms with Crippen molar-refractivity contribution in [1.82, 2.24) is 10.2 Å². The molecule has 0 saturated heterocycles. The highest BCUT2D eigenvalue weighted by Gasteiger charge is 2.10. The summed E-state index contributed by atoms with van der Waals surface area (Å²) >= 11 is 3.40. The van der Waals surface area contributed by atoms with Crippen LogP contribution in [-0.2, 0) is 0 Å². The first kappa shape index (κ1) is 12.5. The molecule has 1 heterocycles. The lowest BCUT2D eigenvalue weighted by Crippen LogP contribution is -2.03. The Morgan fingerprint density at radius 2 is 2.06 bits per heavy atom. The van der Waals surface area contributed by atoms with E-state index in [0.717, 1.165) is 21.4 Å². The van der Waals surface area contributed by atoms with Gasteiger partial charge in [0.2, 0.25) is 0 Å². The van der Waals surface area contributed by atoms with E-state index in [1.165, 1.54) is 0 Å². The zero-order valence-corrected chi connectivity index (χ0v) is 11.6. The topological polar surface area (TPSA) is 61.6 Å². The van der Waals surface area contributed by atoms with Crippen LogP contribution in [0, 0.1) is 25.2 Å². The molecule has 0 atom stereocenters. The molecular formula is C13H11BrN4. The Morgan fingerprint density at radius 1 is 1.28 bits per heavy atom. The summed E-state index contributed by atoms with van der Waals surface area (Å²) in [5.41, 5.74) is 3.01. The molecule has 0 radical (unpaired) electrons. The van der Waals surface area contributed by atoms with E-state index in [1.807, 2.05) is 38.1 Å². The first-order chi connectivity index (χ1) is 8.61. The van der Waals surface area contributed by atoms with Gasteiger partial charge < -0.3 is 5.32 Å². The summed E-state index contributed by atoms with van der Waals surface area (Å²) in [5, 5.41) is 20.4. The van der Waals surface area contributed by atoms with Crippen molar-refractivity contribution in [2.45, 2.75) is 13.8 Å². The molecule has 0 aliphatic rings. The van der Waals surface area contributed by atoms with Gasteiger partial charge in [0.1, 0.15) is 11.6 Å². The van der Waals surface area contributed by atoms with E-state index in [-0.39, 0.29) is 0 Å². The number of nitrogens with one attached hydrogen (secondary N) is 1. The molecule has 1 aromatic heterocycles. The van der Waals surface area contributed by atoms with Crippen LogP contribution in [0.25, 0.3) is 0 Å². The highest BCUT2D eigenvalue weighted by molar-refractivity contribution is 9.10. The molecule has 1 N–H and O–H groups in total. The maximum Gasteiger partial charge on any atom is 0.171 e. The van der Waals surface area contributed by atoms with Crippen LogP contribution in [0.15, 0.2) is 28.7 Å². The third-order valence-electron chi connectivity index (χ3n) is 2.65. The Kier molecular flexibility index (Phi) is 3.58. The number of rotatable bonds is 2. The highest BCUT2D eigenvalue weighted by atomic mass is 79.9. The third kappa shape index (κ3) is 2.49. The lowest BCUT2D eigenvalue weighted by atomic mass is 10.1. The van der Waals surface area contributed by atoms with Gasteiger partial charge in [-0.15, -0.1) is 5.10 Å². The molecule has 1 aromatic carbocycles. The predicted octanol–water partition coefficient (Wildman–Crippen LogP) is 3.47. The molecule has 4 nitrogen and oxygen atoms in total. The van der Waals surface area contributed by atoms with Crippen LogP contribution in [0.1, 0.15) is 16.8 Å². The Bertz CT molecular complexity index is 631. The number of anilines is 2. The lowest BCUT2D eigenvalue weighted by molar-refractivity contribution is 0.960. The third-order valence-corrected chi connectivity index (χ3v) is 3.15. The van der Waals surface area contributed by atoms with Gasteiger partial charge in [0, 0.05) is 10.2 Å². The molecular weight excluding hydrogens is 292 g/mol. The monoisotopic (exact) mass is 302 g/mol. The molecule has 5 heteroatoms. The predicted molar refractivity (Wildman–Crippen MR) is 73.6 cm³/mol. The largest absolute Gasteiger partial charge is 0.338 e. The van der Waals surface area contributed by atoms with Crippen LogP contribution in [0.4, 0.5) is 11.5 Å². The Labute approximate surface area is 114 Å². The Hall–Kier alpha value is -1.93. The number of aromatic nitrogens is 2. The Balaban J connectivity index is 2.42. The molecule has 90 valence electrons. The van der Waals surface area contributed by atoms with Crippen molar-refractivity contribution in [3.05, 3.63) is 45.6 Å².